The standard InChI is InChI=1S/C13H19NS/c1-2-14-13(12-8-9-15-10-12)11-6-4-3-5-7-11/h6,8-10,13-14H,2-5,7H2,1H3. The Morgan fingerprint density at radius 3 is 3.00 bits per heavy atom. The Morgan fingerprint density at radius 2 is 2.40 bits per heavy atom. The number of allylic oxidation sites excluding steroid dienone is 1. The maximum atomic E-state index is 3.59. The lowest BCUT2D eigenvalue weighted by atomic mass is 9.91. The zero-order valence-electron chi connectivity index (χ0n) is 9.33. The van der Waals surface area contributed by atoms with Crippen LogP contribution in [-0.4, -0.2) is 6.54 Å². The van der Waals surface area contributed by atoms with E-state index < -0.39 is 0 Å². The van der Waals surface area contributed by atoms with Gasteiger partial charge in [0.15, 0.2) is 0 Å². The van der Waals surface area contributed by atoms with Crippen molar-refractivity contribution >= 4 is 11.3 Å². The van der Waals surface area contributed by atoms with Crippen LogP contribution in [0.3, 0.4) is 0 Å². The van der Waals surface area contributed by atoms with E-state index in [9.17, 15) is 0 Å². The van der Waals surface area contributed by atoms with Crippen LogP contribution in [0, 0.1) is 0 Å². The molecule has 1 aromatic rings. The summed E-state index contributed by atoms with van der Waals surface area (Å²) in [5.74, 6) is 0. The van der Waals surface area contributed by atoms with Crippen molar-refractivity contribution in [3.8, 4) is 0 Å². The van der Waals surface area contributed by atoms with E-state index >= 15 is 0 Å². The molecule has 2 heteroatoms. The summed E-state index contributed by atoms with van der Waals surface area (Å²) in [5.41, 5.74) is 3.04. The molecule has 0 fully saturated rings. The molecule has 1 unspecified atom stereocenters. The number of thiophene rings is 1. The zero-order chi connectivity index (χ0) is 10.5. The van der Waals surface area contributed by atoms with Gasteiger partial charge in [0.25, 0.3) is 0 Å². The number of hydrogen-bond donors (Lipinski definition) is 1. The summed E-state index contributed by atoms with van der Waals surface area (Å²) in [6, 6.07) is 2.72. The average molecular weight is 221 g/mol. The fourth-order valence-corrected chi connectivity index (χ4v) is 2.92. The van der Waals surface area contributed by atoms with Crippen molar-refractivity contribution in [3.63, 3.8) is 0 Å². The first-order chi connectivity index (χ1) is 7.42. The van der Waals surface area contributed by atoms with E-state index in [1.54, 1.807) is 16.9 Å². The van der Waals surface area contributed by atoms with Gasteiger partial charge in [-0.05, 0) is 54.6 Å². The van der Waals surface area contributed by atoms with Crippen LogP contribution in [0.15, 0.2) is 28.5 Å². The van der Waals surface area contributed by atoms with E-state index in [0.29, 0.717) is 6.04 Å². The molecule has 1 nitrogen and oxygen atoms in total. The molecule has 0 bridgehead atoms. The third kappa shape index (κ3) is 2.70. The second-order valence-corrected chi connectivity index (χ2v) is 4.85. The summed E-state index contributed by atoms with van der Waals surface area (Å²) in [4.78, 5) is 0. The molecule has 0 radical (unpaired) electrons. The number of likely N-dealkylation sites (N-methyl/N-ethyl adjacent to an activating group) is 1. The van der Waals surface area contributed by atoms with Crippen molar-refractivity contribution in [2.24, 2.45) is 0 Å². The number of nitrogens with one attached hydrogen (secondary N) is 1. The maximum Gasteiger partial charge on any atom is 0.0544 e. The lowest BCUT2D eigenvalue weighted by Gasteiger charge is -2.23. The molecule has 0 spiro atoms. The molecular formula is C13H19NS. The largest absolute Gasteiger partial charge is 0.307 e. The van der Waals surface area contributed by atoms with Crippen LogP contribution >= 0.6 is 11.3 Å². The van der Waals surface area contributed by atoms with Gasteiger partial charge in [0.05, 0.1) is 6.04 Å². The summed E-state index contributed by atoms with van der Waals surface area (Å²) in [6.07, 6.45) is 7.70. The Labute approximate surface area is 96.2 Å². The second-order valence-electron chi connectivity index (χ2n) is 4.07. The summed E-state index contributed by atoms with van der Waals surface area (Å²) < 4.78 is 0. The smallest absolute Gasteiger partial charge is 0.0544 e. The van der Waals surface area contributed by atoms with Crippen molar-refractivity contribution in [1.29, 1.82) is 0 Å². The minimum atomic E-state index is 0.474. The average Bonchev–Trinajstić information content (AvgIpc) is 2.80. The summed E-state index contributed by atoms with van der Waals surface area (Å²) in [7, 11) is 0. The lowest BCUT2D eigenvalue weighted by Crippen LogP contribution is -2.23. The second kappa shape index (κ2) is 5.47. The molecule has 0 amide bonds. The van der Waals surface area contributed by atoms with E-state index in [4.69, 9.17) is 0 Å². The van der Waals surface area contributed by atoms with E-state index in [-0.39, 0.29) is 0 Å². The molecule has 0 saturated heterocycles. The molecule has 1 aromatic heterocycles. The molecule has 1 heterocycles. The molecule has 15 heavy (non-hydrogen) atoms. The fraction of sp³-hybridized carbons (Fsp3) is 0.538. The SMILES string of the molecule is CCNC(C1=CCCCC1)c1ccsc1. The highest BCUT2D eigenvalue weighted by Crippen LogP contribution is 2.30. The van der Waals surface area contributed by atoms with Crippen molar-refractivity contribution < 1.29 is 0 Å². The molecule has 1 aliphatic rings. The normalized spacial score (nSPS) is 18.6. The Hall–Kier alpha value is -0.600. The van der Waals surface area contributed by atoms with Gasteiger partial charge in [0, 0.05) is 0 Å². The molecule has 1 aliphatic carbocycles. The van der Waals surface area contributed by atoms with Gasteiger partial charge in [-0.2, -0.15) is 11.3 Å². The van der Waals surface area contributed by atoms with Gasteiger partial charge in [0.2, 0.25) is 0 Å². The first-order valence-corrected chi connectivity index (χ1v) is 6.80. The Morgan fingerprint density at radius 1 is 1.47 bits per heavy atom. The van der Waals surface area contributed by atoms with Crippen LogP contribution in [0.25, 0.3) is 0 Å². The lowest BCUT2D eigenvalue weighted by molar-refractivity contribution is 0.565. The van der Waals surface area contributed by atoms with Crippen LogP contribution in [0.2, 0.25) is 0 Å². The van der Waals surface area contributed by atoms with Crippen molar-refractivity contribution in [2.45, 2.75) is 38.6 Å². The van der Waals surface area contributed by atoms with Crippen LogP contribution in [0.4, 0.5) is 0 Å². The Balaban J connectivity index is 2.15. The molecule has 2 rings (SSSR count). The topological polar surface area (TPSA) is 12.0 Å². The van der Waals surface area contributed by atoms with Crippen LogP contribution < -0.4 is 5.32 Å². The van der Waals surface area contributed by atoms with Gasteiger partial charge in [-0.25, -0.2) is 0 Å². The van der Waals surface area contributed by atoms with E-state index in [2.05, 4.69) is 35.1 Å². The predicted octanol–water partition coefficient (Wildman–Crippen LogP) is 3.90. The summed E-state index contributed by atoms with van der Waals surface area (Å²) in [5, 5.41) is 8.03. The quantitative estimate of drug-likeness (QED) is 0.760. The highest BCUT2D eigenvalue weighted by Gasteiger charge is 2.17. The van der Waals surface area contributed by atoms with Gasteiger partial charge >= 0.3 is 0 Å². The minimum Gasteiger partial charge on any atom is -0.307 e. The molecule has 82 valence electrons. The first-order valence-electron chi connectivity index (χ1n) is 5.86. The highest BCUT2D eigenvalue weighted by atomic mass is 32.1. The molecule has 1 N–H and O–H groups in total. The monoisotopic (exact) mass is 221 g/mol. The van der Waals surface area contributed by atoms with Crippen LogP contribution in [0.1, 0.15) is 44.2 Å². The molecule has 0 aliphatic heterocycles. The van der Waals surface area contributed by atoms with Gasteiger partial charge in [-0.3, -0.25) is 0 Å². The van der Waals surface area contributed by atoms with Gasteiger partial charge in [-0.15, -0.1) is 0 Å². The first kappa shape index (κ1) is 10.9. The minimum absolute atomic E-state index is 0.474. The van der Waals surface area contributed by atoms with Crippen molar-refractivity contribution in [3.05, 3.63) is 34.0 Å². The van der Waals surface area contributed by atoms with E-state index in [1.165, 1.54) is 31.2 Å². The summed E-state index contributed by atoms with van der Waals surface area (Å²) in [6.45, 7) is 3.22. The van der Waals surface area contributed by atoms with Gasteiger partial charge in [-0.1, -0.05) is 18.6 Å². The van der Waals surface area contributed by atoms with E-state index in [0.717, 1.165) is 6.54 Å². The molecule has 0 aromatic carbocycles. The van der Waals surface area contributed by atoms with Crippen LogP contribution in [-0.2, 0) is 0 Å². The van der Waals surface area contributed by atoms with Gasteiger partial charge < -0.3 is 5.32 Å². The highest BCUT2D eigenvalue weighted by molar-refractivity contribution is 7.08. The van der Waals surface area contributed by atoms with E-state index in [1.807, 2.05) is 0 Å². The van der Waals surface area contributed by atoms with Crippen LogP contribution in [0.5, 0.6) is 0 Å². The maximum absolute atomic E-state index is 3.59. The third-order valence-electron chi connectivity index (χ3n) is 2.98. The zero-order valence-corrected chi connectivity index (χ0v) is 10.1. The predicted molar refractivity (Wildman–Crippen MR) is 67.3 cm³/mol. The van der Waals surface area contributed by atoms with Crippen molar-refractivity contribution in [2.75, 3.05) is 6.54 Å². The fourth-order valence-electron chi connectivity index (χ4n) is 2.23. The number of hydrogen-bond acceptors (Lipinski definition) is 2. The molecule has 1 atom stereocenters. The van der Waals surface area contributed by atoms with Gasteiger partial charge in [0.1, 0.15) is 0 Å². The van der Waals surface area contributed by atoms with Crippen molar-refractivity contribution in [1.82, 2.24) is 5.32 Å². The Kier molecular flexibility index (Phi) is 3.98. The Bertz CT molecular complexity index is 313. The molecular weight excluding hydrogens is 202 g/mol. The third-order valence-corrected chi connectivity index (χ3v) is 3.68. The summed E-state index contributed by atoms with van der Waals surface area (Å²) >= 11 is 1.79. The molecule has 0 saturated carbocycles. The number of rotatable bonds is 4.